The lowest BCUT2D eigenvalue weighted by atomic mass is 9.92. The number of hydrogen-bond donors (Lipinski definition) is 3. The van der Waals surface area contributed by atoms with E-state index in [0.717, 1.165) is 23.7 Å². The van der Waals surface area contributed by atoms with Crippen LogP contribution in [-0.4, -0.2) is 34.0 Å². The minimum Gasteiger partial charge on any atom is -0.330 e. The maximum atomic E-state index is 12.2. The van der Waals surface area contributed by atoms with E-state index in [1.54, 1.807) is 11.7 Å². The third kappa shape index (κ3) is 3.60. The zero-order valence-electron chi connectivity index (χ0n) is 14.7. The molecule has 1 saturated heterocycles. The van der Waals surface area contributed by atoms with E-state index in [1.165, 1.54) is 0 Å². The second-order valence-electron chi connectivity index (χ2n) is 6.51. The first-order valence-electron chi connectivity index (χ1n) is 8.80. The summed E-state index contributed by atoms with van der Waals surface area (Å²) < 4.78 is 1.67. The Morgan fingerprint density at radius 3 is 2.92 bits per heavy atom. The van der Waals surface area contributed by atoms with E-state index in [4.69, 9.17) is 5.73 Å². The topological polar surface area (TPSA) is 119 Å². The van der Waals surface area contributed by atoms with Crippen LogP contribution in [0.15, 0.2) is 18.2 Å². The Bertz CT molecular complexity index is 858. The van der Waals surface area contributed by atoms with Crippen molar-refractivity contribution in [1.82, 2.24) is 15.1 Å². The van der Waals surface area contributed by atoms with Crippen LogP contribution in [0.3, 0.4) is 0 Å². The molecule has 0 radical (unpaired) electrons. The third-order valence-corrected chi connectivity index (χ3v) is 4.59. The summed E-state index contributed by atoms with van der Waals surface area (Å²) in [7, 11) is 1.78. The molecule has 0 spiro atoms. The number of piperidine rings is 1. The molecule has 0 bridgehead atoms. The van der Waals surface area contributed by atoms with Crippen molar-refractivity contribution in [2.24, 2.45) is 12.8 Å². The van der Waals surface area contributed by atoms with Crippen LogP contribution in [0.25, 0.3) is 10.9 Å². The molecule has 1 aromatic heterocycles. The number of hydrogen-bond acceptors (Lipinski definition) is 5. The lowest BCUT2D eigenvalue weighted by molar-refractivity contribution is -0.134. The number of anilines is 1. The molecule has 1 aliphatic rings. The van der Waals surface area contributed by atoms with Gasteiger partial charge in [0, 0.05) is 25.3 Å². The summed E-state index contributed by atoms with van der Waals surface area (Å²) >= 11 is 0. The van der Waals surface area contributed by atoms with Gasteiger partial charge < -0.3 is 11.1 Å². The summed E-state index contributed by atoms with van der Waals surface area (Å²) in [5.74, 6) is -1.11. The highest BCUT2D eigenvalue weighted by Gasteiger charge is 2.32. The lowest BCUT2D eigenvalue weighted by Gasteiger charge is -2.19. The van der Waals surface area contributed by atoms with E-state index in [1.807, 2.05) is 18.2 Å². The molecule has 2 aromatic rings. The molecule has 0 aliphatic carbocycles. The van der Waals surface area contributed by atoms with Gasteiger partial charge in [0.05, 0.1) is 22.8 Å². The molecular formula is C18H23N5O3. The molecule has 8 heteroatoms. The largest absolute Gasteiger partial charge is 0.330 e. The normalized spacial score (nSPS) is 17.4. The number of carbonyl (C=O) groups is 3. The second-order valence-corrected chi connectivity index (χ2v) is 6.51. The summed E-state index contributed by atoms with van der Waals surface area (Å²) in [6, 6.07) is 5.53. The molecule has 2 heterocycles. The van der Waals surface area contributed by atoms with Gasteiger partial charge >= 0.3 is 0 Å². The highest BCUT2D eigenvalue weighted by atomic mass is 16.2. The van der Waals surface area contributed by atoms with Gasteiger partial charge in [0.25, 0.3) is 0 Å². The molecule has 1 aliphatic heterocycles. The Morgan fingerprint density at radius 1 is 1.38 bits per heavy atom. The summed E-state index contributed by atoms with van der Waals surface area (Å²) in [5.41, 5.74) is 7.51. The number of carbonyl (C=O) groups excluding carboxylic acids is 3. The van der Waals surface area contributed by atoms with Gasteiger partial charge in [-0.1, -0.05) is 12.1 Å². The third-order valence-electron chi connectivity index (χ3n) is 4.59. The molecule has 4 N–H and O–H groups in total. The number of nitrogens with one attached hydrogen (secondary N) is 2. The monoisotopic (exact) mass is 357 g/mol. The van der Waals surface area contributed by atoms with Gasteiger partial charge in [0.1, 0.15) is 0 Å². The molecule has 1 fully saturated rings. The van der Waals surface area contributed by atoms with Crippen molar-refractivity contribution in [1.29, 1.82) is 0 Å². The SMILES string of the molecule is Cn1nc(C2CCC(=O)NC2=O)c2cccc(NC(=O)CCCCN)c21. The van der Waals surface area contributed by atoms with Crippen molar-refractivity contribution in [3.8, 4) is 0 Å². The molecule has 0 saturated carbocycles. The first kappa shape index (κ1) is 18.1. The number of fused-ring (bicyclic) bond motifs is 1. The van der Waals surface area contributed by atoms with Crippen LogP contribution < -0.4 is 16.4 Å². The predicted octanol–water partition coefficient (Wildman–Crippen LogP) is 1.16. The Balaban J connectivity index is 1.89. The Labute approximate surface area is 151 Å². The van der Waals surface area contributed by atoms with Crippen molar-refractivity contribution in [3.63, 3.8) is 0 Å². The summed E-state index contributed by atoms with van der Waals surface area (Å²) in [6.45, 7) is 0.569. The van der Waals surface area contributed by atoms with Gasteiger partial charge in [-0.15, -0.1) is 0 Å². The number of aryl methyl sites for hydroxylation is 1. The minimum atomic E-state index is -0.466. The van der Waals surface area contributed by atoms with E-state index in [-0.39, 0.29) is 17.7 Å². The van der Waals surface area contributed by atoms with E-state index in [2.05, 4.69) is 15.7 Å². The van der Waals surface area contributed by atoms with Crippen LogP contribution in [0.5, 0.6) is 0 Å². The average molecular weight is 357 g/mol. The number of benzene rings is 1. The Hall–Kier alpha value is -2.74. The van der Waals surface area contributed by atoms with E-state index < -0.39 is 5.92 Å². The molecule has 1 atom stereocenters. The standard InChI is InChI=1S/C18H23N5O3/c1-23-17-11(16(22-23)12-8-9-15(25)21-18(12)26)5-4-6-13(17)20-14(24)7-2-3-10-19/h4-6,12H,2-3,7-10,19H2,1H3,(H,20,24)(H,21,25,26). The zero-order chi connectivity index (χ0) is 18.7. The molecule has 1 unspecified atom stereocenters. The fourth-order valence-electron chi connectivity index (χ4n) is 3.32. The smallest absolute Gasteiger partial charge is 0.235 e. The summed E-state index contributed by atoms with van der Waals surface area (Å²) in [6.07, 6.45) is 2.69. The van der Waals surface area contributed by atoms with Crippen LogP contribution in [0.2, 0.25) is 0 Å². The number of unbranched alkanes of at least 4 members (excludes halogenated alkanes) is 1. The molecule has 8 nitrogen and oxygen atoms in total. The highest BCUT2D eigenvalue weighted by molar-refractivity contribution is 6.05. The molecule has 1 aromatic carbocycles. The highest BCUT2D eigenvalue weighted by Crippen LogP contribution is 2.33. The quantitative estimate of drug-likeness (QED) is 0.529. The van der Waals surface area contributed by atoms with Crippen LogP contribution in [0.1, 0.15) is 43.7 Å². The van der Waals surface area contributed by atoms with Crippen molar-refractivity contribution in [2.75, 3.05) is 11.9 Å². The van der Waals surface area contributed by atoms with Gasteiger partial charge in [-0.2, -0.15) is 5.10 Å². The number of nitrogens with zero attached hydrogens (tertiary/aromatic N) is 2. The van der Waals surface area contributed by atoms with Crippen molar-refractivity contribution < 1.29 is 14.4 Å². The number of nitrogens with two attached hydrogens (primary N) is 1. The maximum absolute atomic E-state index is 12.2. The number of para-hydroxylation sites is 1. The van der Waals surface area contributed by atoms with Gasteiger partial charge in [-0.3, -0.25) is 24.4 Å². The molecular weight excluding hydrogens is 334 g/mol. The van der Waals surface area contributed by atoms with Crippen molar-refractivity contribution >= 4 is 34.3 Å². The van der Waals surface area contributed by atoms with Crippen LogP contribution >= 0.6 is 0 Å². The number of imide groups is 1. The van der Waals surface area contributed by atoms with Gasteiger partial charge in [-0.05, 0) is 31.9 Å². The molecule has 138 valence electrons. The van der Waals surface area contributed by atoms with Crippen LogP contribution in [-0.2, 0) is 21.4 Å². The van der Waals surface area contributed by atoms with Crippen LogP contribution in [0, 0.1) is 0 Å². The zero-order valence-corrected chi connectivity index (χ0v) is 14.7. The summed E-state index contributed by atoms with van der Waals surface area (Å²) in [5, 5.41) is 10.6. The number of amides is 3. The van der Waals surface area contributed by atoms with Gasteiger partial charge in [-0.25, -0.2) is 0 Å². The average Bonchev–Trinajstić information content (AvgIpc) is 2.93. The fraction of sp³-hybridized carbons (Fsp3) is 0.444. The van der Waals surface area contributed by atoms with Crippen LogP contribution in [0.4, 0.5) is 5.69 Å². The van der Waals surface area contributed by atoms with E-state index in [0.29, 0.717) is 37.2 Å². The first-order chi connectivity index (χ1) is 12.5. The van der Waals surface area contributed by atoms with Gasteiger partial charge in [0.2, 0.25) is 17.7 Å². The number of aromatic nitrogens is 2. The maximum Gasteiger partial charge on any atom is 0.235 e. The van der Waals surface area contributed by atoms with E-state index >= 15 is 0 Å². The first-order valence-corrected chi connectivity index (χ1v) is 8.80. The molecule has 3 rings (SSSR count). The molecule has 3 amide bonds. The van der Waals surface area contributed by atoms with Crippen molar-refractivity contribution in [2.45, 2.75) is 38.0 Å². The van der Waals surface area contributed by atoms with Crippen molar-refractivity contribution in [3.05, 3.63) is 23.9 Å². The Kier molecular flexibility index (Phi) is 5.32. The lowest BCUT2D eigenvalue weighted by Crippen LogP contribution is -2.39. The predicted molar refractivity (Wildman–Crippen MR) is 97.4 cm³/mol. The minimum absolute atomic E-state index is 0.0743. The number of rotatable bonds is 6. The summed E-state index contributed by atoms with van der Waals surface area (Å²) in [4.78, 5) is 35.8. The Morgan fingerprint density at radius 2 is 2.19 bits per heavy atom. The van der Waals surface area contributed by atoms with E-state index in [9.17, 15) is 14.4 Å². The fourth-order valence-corrected chi connectivity index (χ4v) is 3.32. The second kappa shape index (κ2) is 7.65. The van der Waals surface area contributed by atoms with Gasteiger partial charge in [0.15, 0.2) is 0 Å². The molecule has 26 heavy (non-hydrogen) atoms.